The first-order valence-electron chi connectivity index (χ1n) is 9.71. The second-order valence-electron chi connectivity index (χ2n) is 6.85. The van der Waals surface area contributed by atoms with E-state index in [1.807, 2.05) is 24.3 Å². The fourth-order valence-corrected chi connectivity index (χ4v) is 4.69. The number of nitrogens with one attached hydrogen (secondary N) is 1. The van der Waals surface area contributed by atoms with E-state index in [1.165, 1.54) is 12.1 Å². The number of carbonyl (C=O) groups excluding carboxylic acids is 1. The molecule has 0 aliphatic rings. The van der Waals surface area contributed by atoms with Gasteiger partial charge in [0, 0.05) is 11.6 Å². The topological polar surface area (TPSA) is 66.5 Å². The summed E-state index contributed by atoms with van der Waals surface area (Å²) in [6.07, 6.45) is 1.35. The number of sulfonamides is 1. The fraction of sp³-hybridized carbons (Fsp3) is 0.174. The molecule has 5 nitrogen and oxygen atoms in total. The Bertz CT molecular complexity index is 1120. The standard InChI is InChI=1S/C23H22ClFN2O3S/c24-22-11-5-4-7-18(22)8-6-16-26-23(28)17-27(20-9-2-1-3-10-20)31(29,30)21-14-12-19(25)13-15-21/h1-5,7,9-15H,6,8,16-17H2,(H,26,28). The lowest BCUT2D eigenvalue weighted by Gasteiger charge is -2.24. The minimum absolute atomic E-state index is 0.0933. The van der Waals surface area contributed by atoms with Gasteiger partial charge in [-0.05, 0) is 60.9 Å². The van der Waals surface area contributed by atoms with Gasteiger partial charge in [0.2, 0.25) is 5.91 Å². The van der Waals surface area contributed by atoms with Crippen LogP contribution in [0.1, 0.15) is 12.0 Å². The lowest BCUT2D eigenvalue weighted by atomic mass is 10.1. The van der Waals surface area contributed by atoms with Crippen molar-refractivity contribution in [2.24, 2.45) is 0 Å². The second kappa shape index (κ2) is 10.4. The summed E-state index contributed by atoms with van der Waals surface area (Å²) in [7, 11) is -4.06. The molecule has 0 aliphatic heterocycles. The second-order valence-corrected chi connectivity index (χ2v) is 9.12. The molecule has 0 spiro atoms. The van der Waals surface area contributed by atoms with Crippen LogP contribution in [0.5, 0.6) is 0 Å². The van der Waals surface area contributed by atoms with Crippen molar-refractivity contribution < 1.29 is 17.6 Å². The van der Waals surface area contributed by atoms with Crippen molar-refractivity contribution in [1.29, 1.82) is 0 Å². The van der Waals surface area contributed by atoms with E-state index in [2.05, 4.69) is 5.32 Å². The molecule has 31 heavy (non-hydrogen) atoms. The summed E-state index contributed by atoms with van der Waals surface area (Å²) in [5.41, 5.74) is 1.33. The third kappa shape index (κ3) is 6.06. The van der Waals surface area contributed by atoms with Crippen LogP contribution < -0.4 is 9.62 Å². The molecule has 0 aromatic heterocycles. The highest BCUT2D eigenvalue weighted by Crippen LogP contribution is 2.23. The molecular formula is C23H22ClFN2O3S. The maximum atomic E-state index is 13.2. The van der Waals surface area contributed by atoms with Crippen LogP contribution in [0.25, 0.3) is 0 Å². The molecule has 1 amide bonds. The predicted octanol–water partition coefficient (Wildman–Crippen LogP) is 4.42. The van der Waals surface area contributed by atoms with Crippen LogP contribution in [-0.2, 0) is 21.2 Å². The van der Waals surface area contributed by atoms with Gasteiger partial charge in [0.15, 0.2) is 0 Å². The molecule has 0 atom stereocenters. The number of halogens is 2. The minimum atomic E-state index is -4.06. The number of amides is 1. The highest BCUT2D eigenvalue weighted by Gasteiger charge is 2.27. The molecule has 0 heterocycles. The van der Waals surface area contributed by atoms with E-state index in [0.717, 1.165) is 22.0 Å². The number of hydrogen-bond acceptors (Lipinski definition) is 3. The number of benzene rings is 3. The molecule has 162 valence electrons. The van der Waals surface area contributed by atoms with E-state index in [-0.39, 0.29) is 4.90 Å². The largest absolute Gasteiger partial charge is 0.355 e. The van der Waals surface area contributed by atoms with Gasteiger partial charge in [-0.1, -0.05) is 48.0 Å². The third-order valence-corrected chi connectivity index (χ3v) is 6.79. The zero-order valence-electron chi connectivity index (χ0n) is 16.7. The van der Waals surface area contributed by atoms with E-state index in [9.17, 15) is 17.6 Å². The molecule has 0 unspecified atom stereocenters. The van der Waals surface area contributed by atoms with Crippen LogP contribution in [-0.4, -0.2) is 27.4 Å². The zero-order chi connectivity index (χ0) is 22.3. The molecule has 3 rings (SSSR count). The van der Waals surface area contributed by atoms with Crippen molar-refractivity contribution in [3.05, 3.63) is 95.3 Å². The summed E-state index contributed by atoms with van der Waals surface area (Å²) in [5.74, 6) is -0.977. The van der Waals surface area contributed by atoms with E-state index < -0.39 is 28.3 Å². The van der Waals surface area contributed by atoms with Crippen molar-refractivity contribution in [1.82, 2.24) is 5.32 Å². The molecule has 0 saturated heterocycles. The highest BCUT2D eigenvalue weighted by atomic mass is 35.5. The van der Waals surface area contributed by atoms with E-state index in [4.69, 9.17) is 11.6 Å². The van der Waals surface area contributed by atoms with Gasteiger partial charge in [0.05, 0.1) is 10.6 Å². The first kappa shape index (κ1) is 22.8. The molecular weight excluding hydrogens is 439 g/mol. The summed E-state index contributed by atoms with van der Waals surface area (Å²) in [6, 6.07) is 20.3. The van der Waals surface area contributed by atoms with Gasteiger partial charge in [0.25, 0.3) is 10.0 Å². The van der Waals surface area contributed by atoms with Gasteiger partial charge in [0.1, 0.15) is 12.4 Å². The number of para-hydroxylation sites is 1. The van der Waals surface area contributed by atoms with Gasteiger partial charge in [-0.15, -0.1) is 0 Å². The fourth-order valence-electron chi connectivity index (χ4n) is 3.04. The summed E-state index contributed by atoms with van der Waals surface area (Å²) in [5, 5.41) is 3.43. The van der Waals surface area contributed by atoms with Crippen LogP contribution in [0.4, 0.5) is 10.1 Å². The maximum Gasteiger partial charge on any atom is 0.264 e. The number of anilines is 1. The van der Waals surface area contributed by atoms with Crippen LogP contribution in [0, 0.1) is 5.82 Å². The van der Waals surface area contributed by atoms with E-state index >= 15 is 0 Å². The molecule has 3 aromatic carbocycles. The minimum Gasteiger partial charge on any atom is -0.355 e. The van der Waals surface area contributed by atoms with Gasteiger partial charge in [-0.25, -0.2) is 12.8 Å². The SMILES string of the molecule is O=C(CN(c1ccccc1)S(=O)(=O)c1ccc(F)cc1)NCCCc1ccccc1Cl. The number of aryl methyl sites for hydroxylation is 1. The van der Waals surface area contributed by atoms with Crippen molar-refractivity contribution in [3.63, 3.8) is 0 Å². The molecule has 0 bridgehead atoms. The lowest BCUT2D eigenvalue weighted by Crippen LogP contribution is -2.41. The van der Waals surface area contributed by atoms with Crippen molar-refractivity contribution in [2.45, 2.75) is 17.7 Å². The van der Waals surface area contributed by atoms with Crippen LogP contribution in [0.3, 0.4) is 0 Å². The Kier molecular flexibility index (Phi) is 7.65. The Labute approximate surface area is 186 Å². The average molecular weight is 461 g/mol. The van der Waals surface area contributed by atoms with Gasteiger partial charge in [-0.2, -0.15) is 0 Å². The monoisotopic (exact) mass is 460 g/mol. The molecule has 3 aromatic rings. The quantitative estimate of drug-likeness (QED) is 0.480. The first-order chi connectivity index (χ1) is 14.9. The van der Waals surface area contributed by atoms with Crippen molar-refractivity contribution >= 4 is 33.2 Å². The Morgan fingerprint density at radius 2 is 1.58 bits per heavy atom. The zero-order valence-corrected chi connectivity index (χ0v) is 18.2. The maximum absolute atomic E-state index is 13.2. The molecule has 8 heteroatoms. The summed E-state index contributed by atoms with van der Waals surface area (Å²) in [6.45, 7) is -0.0148. The lowest BCUT2D eigenvalue weighted by molar-refractivity contribution is -0.119. The Morgan fingerprint density at radius 3 is 2.26 bits per heavy atom. The number of carbonyl (C=O) groups is 1. The van der Waals surface area contributed by atoms with Crippen LogP contribution in [0.15, 0.2) is 83.8 Å². The Balaban J connectivity index is 1.68. The molecule has 0 saturated carbocycles. The molecule has 0 aliphatic carbocycles. The average Bonchev–Trinajstić information content (AvgIpc) is 2.77. The van der Waals surface area contributed by atoms with Crippen LogP contribution >= 0.6 is 11.6 Å². The Morgan fingerprint density at radius 1 is 0.935 bits per heavy atom. The third-order valence-electron chi connectivity index (χ3n) is 4.64. The van der Waals surface area contributed by atoms with Crippen LogP contribution in [0.2, 0.25) is 5.02 Å². The van der Waals surface area contributed by atoms with Gasteiger partial charge in [-0.3, -0.25) is 9.10 Å². The number of hydrogen-bond donors (Lipinski definition) is 1. The molecule has 0 radical (unpaired) electrons. The van der Waals surface area contributed by atoms with E-state index in [1.54, 1.807) is 30.3 Å². The predicted molar refractivity (Wildman–Crippen MR) is 120 cm³/mol. The summed E-state index contributed by atoms with van der Waals surface area (Å²) in [4.78, 5) is 12.4. The summed E-state index contributed by atoms with van der Waals surface area (Å²) >= 11 is 6.14. The Hall–Kier alpha value is -2.90. The summed E-state index contributed by atoms with van der Waals surface area (Å²) < 4.78 is 40.5. The number of nitrogens with zero attached hydrogens (tertiary/aromatic N) is 1. The van der Waals surface area contributed by atoms with E-state index in [0.29, 0.717) is 30.1 Å². The first-order valence-corrected chi connectivity index (χ1v) is 11.5. The smallest absolute Gasteiger partial charge is 0.264 e. The molecule has 1 N–H and O–H groups in total. The van der Waals surface area contributed by atoms with Gasteiger partial charge >= 0.3 is 0 Å². The highest BCUT2D eigenvalue weighted by molar-refractivity contribution is 7.92. The van der Waals surface area contributed by atoms with Gasteiger partial charge < -0.3 is 5.32 Å². The van der Waals surface area contributed by atoms with Crippen molar-refractivity contribution in [3.8, 4) is 0 Å². The number of rotatable bonds is 9. The van der Waals surface area contributed by atoms with Crippen molar-refractivity contribution in [2.75, 3.05) is 17.4 Å². The molecule has 0 fully saturated rings. The normalized spacial score (nSPS) is 11.2.